The van der Waals surface area contributed by atoms with Crippen molar-refractivity contribution in [3.8, 4) is 0 Å². The van der Waals surface area contributed by atoms with Gasteiger partial charge in [0.05, 0.1) is 6.10 Å². The second kappa shape index (κ2) is 8.09. The molecule has 2 aliphatic rings. The quantitative estimate of drug-likeness (QED) is 0.418. The first-order valence-electron chi connectivity index (χ1n) is 10.9. The molecule has 26 heavy (non-hydrogen) atoms. The molecule has 2 nitrogen and oxygen atoms in total. The SMILES string of the molecule is C[C@@H](C/C=C/[C@H](C)[C@H]1CC[C@H]2[C@@H](O)CCC[C@]12C)O[Si](C)(C)C(C)(C)C. The fourth-order valence-corrected chi connectivity index (χ4v) is 6.86. The standard InChI is InChI=1S/C23H44O2Si/c1-17(11-9-12-18(2)25-26(7,8)22(3,4)5)19-14-15-20-21(24)13-10-16-23(19,20)6/h9,11,17-21,24H,10,12-16H2,1-8H3/b11-9+/t17-,18-,19+,20-,21-,23+/m0/s1. The minimum Gasteiger partial charge on any atom is -0.414 e. The summed E-state index contributed by atoms with van der Waals surface area (Å²) in [4.78, 5) is 0. The topological polar surface area (TPSA) is 29.5 Å². The predicted octanol–water partition coefficient (Wildman–Crippen LogP) is 6.56. The number of hydrogen-bond acceptors (Lipinski definition) is 2. The van der Waals surface area contributed by atoms with Crippen LogP contribution >= 0.6 is 0 Å². The molecular weight excluding hydrogens is 336 g/mol. The zero-order valence-corrected chi connectivity index (χ0v) is 19.6. The van der Waals surface area contributed by atoms with Gasteiger partial charge in [0.1, 0.15) is 0 Å². The molecule has 0 heterocycles. The van der Waals surface area contributed by atoms with Crippen molar-refractivity contribution in [3.05, 3.63) is 12.2 Å². The number of aliphatic hydroxyl groups is 1. The lowest BCUT2D eigenvalue weighted by atomic mass is 9.62. The highest BCUT2D eigenvalue weighted by Gasteiger charge is 2.51. The Bertz CT molecular complexity index is 493. The van der Waals surface area contributed by atoms with Crippen molar-refractivity contribution in [1.82, 2.24) is 0 Å². The first-order chi connectivity index (χ1) is 11.9. The van der Waals surface area contributed by atoms with Crippen LogP contribution in [0.1, 0.15) is 80.1 Å². The molecule has 2 rings (SSSR count). The van der Waals surface area contributed by atoms with E-state index in [1.54, 1.807) is 0 Å². The lowest BCUT2D eigenvalue weighted by Crippen LogP contribution is -2.43. The van der Waals surface area contributed by atoms with E-state index in [2.05, 4.69) is 66.8 Å². The maximum atomic E-state index is 10.4. The summed E-state index contributed by atoms with van der Waals surface area (Å²) in [6.45, 7) is 18.6. The molecule has 0 unspecified atom stereocenters. The van der Waals surface area contributed by atoms with Gasteiger partial charge in [-0.1, -0.05) is 53.2 Å². The van der Waals surface area contributed by atoms with Gasteiger partial charge in [-0.05, 0) is 80.3 Å². The van der Waals surface area contributed by atoms with Crippen LogP contribution < -0.4 is 0 Å². The number of rotatable bonds is 6. The number of allylic oxidation sites excluding steroid dienone is 1. The fraction of sp³-hybridized carbons (Fsp3) is 0.913. The van der Waals surface area contributed by atoms with Gasteiger partial charge in [-0.2, -0.15) is 0 Å². The van der Waals surface area contributed by atoms with Gasteiger partial charge in [0.25, 0.3) is 0 Å². The molecule has 0 bridgehead atoms. The summed E-state index contributed by atoms with van der Waals surface area (Å²) < 4.78 is 6.48. The van der Waals surface area contributed by atoms with E-state index in [0.717, 1.165) is 18.8 Å². The summed E-state index contributed by atoms with van der Waals surface area (Å²) in [5.74, 6) is 1.84. The Kier molecular flexibility index (Phi) is 6.90. The molecule has 0 aromatic carbocycles. The van der Waals surface area contributed by atoms with Crippen molar-refractivity contribution in [2.75, 3.05) is 0 Å². The summed E-state index contributed by atoms with van der Waals surface area (Å²) in [6.07, 6.45) is 12.0. The highest BCUT2D eigenvalue weighted by atomic mass is 28.4. The van der Waals surface area contributed by atoms with Crippen LogP contribution in [0, 0.1) is 23.2 Å². The van der Waals surface area contributed by atoms with Crippen molar-refractivity contribution < 1.29 is 9.53 Å². The Hall–Kier alpha value is -0.123. The summed E-state index contributed by atoms with van der Waals surface area (Å²) in [5.41, 5.74) is 0.338. The molecule has 2 saturated carbocycles. The van der Waals surface area contributed by atoms with Crippen LogP contribution in [0.25, 0.3) is 0 Å². The number of hydrogen-bond donors (Lipinski definition) is 1. The molecule has 0 aliphatic heterocycles. The van der Waals surface area contributed by atoms with Gasteiger partial charge in [0.15, 0.2) is 8.32 Å². The molecule has 6 atom stereocenters. The van der Waals surface area contributed by atoms with Crippen molar-refractivity contribution in [1.29, 1.82) is 0 Å². The second-order valence-corrected chi connectivity index (χ2v) is 15.7. The minimum atomic E-state index is -1.68. The van der Waals surface area contributed by atoms with Crippen LogP contribution in [0.3, 0.4) is 0 Å². The van der Waals surface area contributed by atoms with Crippen LogP contribution in [0.5, 0.6) is 0 Å². The van der Waals surface area contributed by atoms with E-state index >= 15 is 0 Å². The average molecular weight is 381 g/mol. The molecule has 0 aromatic heterocycles. The van der Waals surface area contributed by atoms with Crippen molar-refractivity contribution in [2.24, 2.45) is 23.2 Å². The molecule has 2 fully saturated rings. The van der Waals surface area contributed by atoms with Crippen LogP contribution in [0.15, 0.2) is 12.2 Å². The molecule has 152 valence electrons. The van der Waals surface area contributed by atoms with E-state index in [9.17, 15) is 5.11 Å². The van der Waals surface area contributed by atoms with Crippen molar-refractivity contribution in [2.45, 2.75) is 110 Å². The third-order valence-corrected chi connectivity index (χ3v) is 12.6. The molecule has 0 saturated heterocycles. The van der Waals surface area contributed by atoms with Gasteiger partial charge in [-0.3, -0.25) is 0 Å². The molecule has 0 aromatic rings. The smallest absolute Gasteiger partial charge is 0.192 e. The van der Waals surface area contributed by atoms with Crippen LogP contribution in [0.2, 0.25) is 18.1 Å². The van der Waals surface area contributed by atoms with Gasteiger partial charge >= 0.3 is 0 Å². The Morgan fingerprint density at radius 1 is 1.19 bits per heavy atom. The van der Waals surface area contributed by atoms with Crippen molar-refractivity contribution in [3.63, 3.8) is 0 Å². The first kappa shape index (κ1) is 22.2. The van der Waals surface area contributed by atoms with Gasteiger partial charge in [0, 0.05) is 6.10 Å². The molecule has 0 amide bonds. The molecule has 3 heteroatoms. The van der Waals surface area contributed by atoms with E-state index in [0.29, 0.717) is 23.4 Å². The molecule has 2 aliphatic carbocycles. The molecular formula is C23H44O2Si. The van der Waals surface area contributed by atoms with E-state index in [1.807, 2.05) is 0 Å². The highest BCUT2D eigenvalue weighted by molar-refractivity contribution is 6.74. The molecule has 0 radical (unpaired) electrons. The molecule has 0 spiro atoms. The number of fused-ring (bicyclic) bond motifs is 1. The van der Waals surface area contributed by atoms with E-state index < -0.39 is 8.32 Å². The zero-order valence-electron chi connectivity index (χ0n) is 18.6. The zero-order chi connectivity index (χ0) is 19.8. The van der Waals surface area contributed by atoms with Crippen LogP contribution in [-0.4, -0.2) is 25.6 Å². The second-order valence-electron chi connectivity index (χ2n) is 11.0. The third-order valence-electron chi connectivity index (χ3n) is 8.01. The number of aliphatic hydroxyl groups excluding tert-OH is 1. The normalized spacial score (nSPS) is 35.5. The first-order valence-corrected chi connectivity index (χ1v) is 13.8. The van der Waals surface area contributed by atoms with Gasteiger partial charge in [0.2, 0.25) is 0 Å². The Labute approximate surface area is 163 Å². The van der Waals surface area contributed by atoms with E-state index in [-0.39, 0.29) is 11.1 Å². The summed E-state index contributed by atoms with van der Waals surface area (Å²) >= 11 is 0. The Morgan fingerprint density at radius 3 is 2.46 bits per heavy atom. The monoisotopic (exact) mass is 380 g/mol. The summed E-state index contributed by atoms with van der Waals surface area (Å²) in [6, 6.07) is 0. The maximum absolute atomic E-state index is 10.4. The fourth-order valence-electron chi connectivity index (χ4n) is 5.40. The predicted molar refractivity (Wildman–Crippen MR) is 115 cm³/mol. The van der Waals surface area contributed by atoms with Crippen LogP contribution in [-0.2, 0) is 4.43 Å². The largest absolute Gasteiger partial charge is 0.414 e. The van der Waals surface area contributed by atoms with Gasteiger partial charge < -0.3 is 9.53 Å². The Balaban J connectivity index is 1.90. The van der Waals surface area contributed by atoms with Gasteiger partial charge in [-0.25, -0.2) is 0 Å². The van der Waals surface area contributed by atoms with E-state index in [4.69, 9.17) is 4.43 Å². The third kappa shape index (κ3) is 4.64. The highest BCUT2D eigenvalue weighted by Crippen LogP contribution is 2.57. The summed E-state index contributed by atoms with van der Waals surface area (Å²) in [5, 5.41) is 10.7. The van der Waals surface area contributed by atoms with Crippen molar-refractivity contribution >= 4 is 8.32 Å². The average Bonchev–Trinajstić information content (AvgIpc) is 2.84. The maximum Gasteiger partial charge on any atom is 0.192 e. The van der Waals surface area contributed by atoms with Crippen LogP contribution in [0.4, 0.5) is 0 Å². The lowest BCUT2D eigenvalue weighted by Gasteiger charge is -2.44. The van der Waals surface area contributed by atoms with E-state index in [1.165, 1.54) is 25.7 Å². The Morgan fingerprint density at radius 2 is 1.85 bits per heavy atom. The lowest BCUT2D eigenvalue weighted by molar-refractivity contribution is -0.0231. The molecule has 1 N–H and O–H groups in total. The minimum absolute atomic E-state index is 0.0621. The van der Waals surface area contributed by atoms with Gasteiger partial charge in [-0.15, -0.1) is 0 Å². The summed E-state index contributed by atoms with van der Waals surface area (Å²) in [7, 11) is -1.68.